The molecular formula is C12H24N2O2. The van der Waals surface area contributed by atoms with Gasteiger partial charge in [0, 0.05) is 37.6 Å². The van der Waals surface area contributed by atoms with Crippen LogP contribution in [0.3, 0.4) is 0 Å². The summed E-state index contributed by atoms with van der Waals surface area (Å²) in [6.45, 7) is 9.68. The second-order valence-corrected chi connectivity index (χ2v) is 5.71. The molecule has 1 heterocycles. The summed E-state index contributed by atoms with van der Waals surface area (Å²) in [5, 5.41) is 8.77. The molecule has 1 aliphatic rings. The zero-order valence-corrected chi connectivity index (χ0v) is 10.9. The fourth-order valence-electron chi connectivity index (χ4n) is 2.43. The molecule has 1 atom stereocenters. The molecule has 1 fully saturated rings. The maximum Gasteiger partial charge on any atom is 0.303 e. The zero-order chi connectivity index (χ0) is 12.3. The lowest BCUT2D eigenvalue weighted by Crippen LogP contribution is -2.58. The van der Waals surface area contributed by atoms with E-state index in [2.05, 4.69) is 37.6 Å². The second-order valence-electron chi connectivity index (χ2n) is 5.71. The highest BCUT2D eigenvalue weighted by atomic mass is 16.4. The van der Waals surface area contributed by atoms with Crippen LogP contribution in [-0.4, -0.2) is 59.1 Å². The lowest BCUT2D eigenvalue weighted by molar-refractivity contribution is -0.137. The Labute approximate surface area is 98.2 Å². The summed E-state index contributed by atoms with van der Waals surface area (Å²) in [6, 6.07) is 0.370. The number of hydrogen-bond donors (Lipinski definition) is 1. The van der Waals surface area contributed by atoms with Crippen molar-refractivity contribution in [1.29, 1.82) is 0 Å². The molecule has 0 spiro atoms. The van der Waals surface area contributed by atoms with Gasteiger partial charge >= 0.3 is 5.97 Å². The predicted octanol–water partition coefficient (Wildman–Crippen LogP) is 1.27. The van der Waals surface area contributed by atoms with Gasteiger partial charge in [0.25, 0.3) is 0 Å². The first-order chi connectivity index (χ1) is 7.30. The lowest BCUT2D eigenvalue weighted by atomic mass is 9.97. The Kier molecular flexibility index (Phi) is 4.33. The van der Waals surface area contributed by atoms with E-state index >= 15 is 0 Å². The predicted molar refractivity (Wildman–Crippen MR) is 64.6 cm³/mol. The molecule has 0 bridgehead atoms. The monoisotopic (exact) mass is 228 g/mol. The van der Waals surface area contributed by atoms with E-state index < -0.39 is 5.97 Å². The van der Waals surface area contributed by atoms with Crippen LogP contribution >= 0.6 is 0 Å². The quantitative estimate of drug-likeness (QED) is 0.790. The normalized spacial score (nSPS) is 24.6. The summed E-state index contributed by atoms with van der Waals surface area (Å²) in [7, 11) is 2.10. The molecule has 0 saturated carbocycles. The first-order valence-corrected chi connectivity index (χ1v) is 5.98. The Hall–Kier alpha value is -0.610. The van der Waals surface area contributed by atoms with E-state index in [0.717, 1.165) is 26.1 Å². The van der Waals surface area contributed by atoms with Crippen LogP contribution in [0.2, 0.25) is 0 Å². The van der Waals surface area contributed by atoms with Gasteiger partial charge in [-0.15, -0.1) is 0 Å². The van der Waals surface area contributed by atoms with Gasteiger partial charge in [0.15, 0.2) is 0 Å². The first-order valence-electron chi connectivity index (χ1n) is 5.98. The van der Waals surface area contributed by atoms with Crippen LogP contribution in [0.5, 0.6) is 0 Å². The van der Waals surface area contributed by atoms with Crippen molar-refractivity contribution in [2.75, 3.05) is 26.7 Å². The molecular weight excluding hydrogens is 204 g/mol. The smallest absolute Gasteiger partial charge is 0.303 e. The van der Waals surface area contributed by atoms with Crippen molar-refractivity contribution < 1.29 is 9.90 Å². The van der Waals surface area contributed by atoms with Gasteiger partial charge in [-0.1, -0.05) is 0 Å². The second kappa shape index (κ2) is 5.15. The van der Waals surface area contributed by atoms with E-state index in [1.54, 1.807) is 0 Å². The van der Waals surface area contributed by atoms with E-state index in [9.17, 15) is 4.79 Å². The van der Waals surface area contributed by atoms with Crippen LogP contribution in [0.15, 0.2) is 0 Å². The molecule has 4 nitrogen and oxygen atoms in total. The van der Waals surface area contributed by atoms with Crippen molar-refractivity contribution in [3.63, 3.8) is 0 Å². The van der Waals surface area contributed by atoms with Gasteiger partial charge in [-0.2, -0.15) is 0 Å². The number of carboxylic acid groups (broad SMARTS) is 1. The van der Waals surface area contributed by atoms with Crippen molar-refractivity contribution in [2.24, 2.45) is 0 Å². The van der Waals surface area contributed by atoms with Crippen molar-refractivity contribution in [3.05, 3.63) is 0 Å². The van der Waals surface area contributed by atoms with E-state index in [1.807, 2.05) is 0 Å². The summed E-state index contributed by atoms with van der Waals surface area (Å²) in [4.78, 5) is 15.4. The average molecular weight is 228 g/mol. The van der Waals surface area contributed by atoms with Crippen LogP contribution in [0.4, 0.5) is 0 Å². The number of piperazine rings is 1. The average Bonchev–Trinajstić information content (AvgIpc) is 2.12. The number of rotatable bonds is 3. The summed E-state index contributed by atoms with van der Waals surface area (Å²) in [6.07, 6.45) is 1.02. The Morgan fingerprint density at radius 2 is 2.00 bits per heavy atom. The third-order valence-corrected chi connectivity index (χ3v) is 3.24. The van der Waals surface area contributed by atoms with Crippen molar-refractivity contribution in [1.82, 2.24) is 9.80 Å². The van der Waals surface area contributed by atoms with Crippen molar-refractivity contribution in [2.45, 2.75) is 45.2 Å². The summed E-state index contributed by atoms with van der Waals surface area (Å²) in [5.74, 6) is -0.693. The summed E-state index contributed by atoms with van der Waals surface area (Å²) < 4.78 is 0. The van der Waals surface area contributed by atoms with Crippen LogP contribution in [0.1, 0.15) is 33.6 Å². The van der Waals surface area contributed by atoms with Crippen LogP contribution in [0, 0.1) is 0 Å². The molecule has 94 valence electrons. The van der Waals surface area contributed by atoms with Gasteiger partial charge in [0.1, 0.15) is 0 Å². The van der Waals surface area contributed by atoms with Gasteiger partial charge in [0.05, 0.1) is 0 Å². The summed E-state index contributed by atoms with van der Waals surface area (Å²) >= 11 is 0. The highest BCUT2D eigenvalue weighted by Crippen LogP contribution is 2.23. The number of carbonyl (C=O) groups is 1. The van der Waals surface area contributed by atoms with Crippen molar-refractivity contribution >= 4 is 5.97 Å². The minimum atomic E-state index is -0.693. The molecule has 0 amide bonds. The molecule has 0 radical (unpaired) electrons. The maximum absolute atomic E-state index is 10.6. The molecule has 16 heavy (non-hydrogen) atoms. The third kappa shape index (κ3) is 3.76. The van der Waals surface area contributed by atoms with Gasteiger partial charge < -0.3 is 10.0 Å². The Morgan fingerprint density at radius 3 is 2.50 bits per heavy atom. The van der Waals surface area contributed by atoms with E-state index in [-0.39, 0.29) is 12.0 Å². The standard InChI is InChI=1S/C12H24N2O2/c1-12(2,3)14-8-7-13(4)9-10(14)5-6-11(15)16/h10H,5-9H2,1-4H3,(H,15,16). The fourth-order valence-corrected chi connectivity index (χ4v) is 2.43. The topological polar surface area (TPSA) is 43.8 Å². The minimum Gasteiger partial charge on any atom is -0.481 e. The van der Waals surface area contributed by atoms with Gasteiger partial charge in [-0.3, -0.25) is 9.69 Å². The molecule has 0 aromatic rings. The molecule has 0 aliphatic carbocycles. The first kappa shape index (κ1) is 13.5. The largest absolute Gasteiger partial charge is 0.481 e. The Bertz CT molecular complexity index is 248. The molecule has 1 saturated heterocycles. The minimum absolute atomic E-state index is 0.129. The SMILES string of the molecule is CN1CCN(C(C)(C)C)C(CCC(=O)O)C1. The molecule has 1 unspecified atom stereocenters. The van der Waals surface area contributed by atoms with Crippen molar-refractivity contribution in [3.8, 4) is 0 Å². The number of carboxylic acids is 1. The van der Waals surface area contributed by atoms with E-state index in [0.29, 0.717) is 6.04 Å². The number of nitrogens with zero attached hydrogens (tertiary/aromatic N) is 2. The van der Waals surface area contributed by atoms with Crippen LogP contribution in [0.25, 0.3) is 0 Å². The Morgan fingerprint density at radius 1 is 1.38 bits per heavy atom. The number of likely N-dealkylation sites (N-methyl/N-ethyl adjacent to an activating group) is 1. The highest BCUT2D eigenvalue weighted by molar-refractivity contribution is 5.66. The number of aliphatic carboxylic acids is 1. The maximum atomic E-state index is 10.6. The lowest BCUT2D eigenvalue weighted by Gasteiger charge is -2.47. The number of hydrogen-bond acceptors (Lipinski definition) is 3. The molecule has 1 rings (SSSR count). The third-order valence-electron chi connectivity index (χ3n) is 3.24. The highest BCUT2D eigenvalue weighted by Gasteiger charge is 2.32. The molecule has 0 aromatic carbocycles. The molecule has 0 aromatic heterocycles. The van der Waals surface area contributed by atoms with E-state index in [4.69, 9.17) is 5.11 Å². The van der Waals surface area contributed by atoms with E-state index in [1.165, 1.54) is 0 Å². The van der Waals surface area contributed by atoms with Gasteiger partial charge in [-0.25, -0.2) is 0 Å². The molecule has 1 aliphatic heterocycles. The summed E-state index contributed by atoms with van der Waals surface area (Å²) in [5.41, 5.74) is 0.129. The van der Waals surface area contributed by atoms with Gasteiger partial charge in [-0.05, 0) is 34.2 Å². The van der Waals surface area contributed by atoms with Crippen LogP contribution < -0.4 is 0 Å². The van der Waals surface area contributed by atoms with Gasteiger partial charge in [0.2, 0.25) is 0 Å². The molecule has 1 N–H and O–H groups in total. The molecule has 4 heteroatoms. The van der Waals surface area contributed by atoms with Crippen LogP contribution in [-0.2, 0) is 4.79 Å². The fraction of sp³-hybridized carbons (Fsp3) is 0.917. The zero-order valence-electron chi connectivity index (χ0n) is 10.9. The Balaban J connectivity index is 2.62.